The van der Waals surface area contributed by atoms with Gasteiger partial charge in [0.2, 0.25) is 51.0 Å². The van der Waals surface area contributed by atoms with E-state index in [1.807, 2.05) is 132 Å². The lowest BCUT2D eigenvalue weighted by molar-refractivity contribution is 0.0712. The number of aryl methyl sites for hydroxylation is 5. The van der Waals surface area contributed by atoms with Gasteiger partial charge in [0.15, 0.2) is 40.4 Å². The summed E-state index contributed by atoms with van der Waals surface area (Å²) in [5.41, 5.74) is 11.0. The van der Waals surface area contributed by atoms with Crippen molar-refractivity contribution < 1.29 is 13.9 Å². The second kappa shape index (κ2) is 34.6. The molecule has 1 aliphatic rings. The molecule has 0 N–H and O–H groups in total. The van der Waals surface area contributed by atoms with Gasteiger partial charge in [0.25, 0.3) is 44.1 Å². The first-order valence-corrected chi connectivity index (χ1v) is 37.7. The maximum atomic E-state index is 12.2. The van der Waals surface area contributed by atoms with Crippen LogP contribution in [0.4, 0.5) is 0 Å². The minimum Gasteiger partial charge on any atom is -0.472 e. The Kier molecular flexibility index (Phi) is 27.0. The minimum atomic E-state index is -0.896. The summed E-state index contributed by atoms with van der Waals surface area (Å²) < 4.78 is 15.2. The third kappa shape index (κ3) is 21.1. The molecule has 0 saturated carbocycles. The number of hydrogen-bond donors (Lipinski definition) is 0. The molecule has 1 amide bonds. The predicted molar refractivity (Wildman–Crippen MR) is 469 cm³/mol. The van der Waals surface area contributed by atoms with E-state index in [2.05, 4.69) is 145 Å². The molecule has 0 unspecified atom stereocenters. The first kappa shape index (κ1) is 92.0. The molecule has 14 radical (unpaired) electrons. The summed E-state index contributed by atoms with van der Waals surface area (Å²) in [5.74, 6) is 0.312. The van der Waals surface area contributed by atoms with Crippen molar-refractivity contribution in [3.8, 4) is 5.75 Å². The molecule has 11 heterocycles. The molecule has 598 valence electrons. The van der Waals surface area contributed by atoms with Gasteiger partial charge in [-0.3, -0.25) is 42.7 Å². The van der Waals surface area contributed by atoms with Crippen LogP contribution in [0, 0.1) is 34.6 Å². The van der Waals surface area contributed by atoms with E-state index in [9.17, 15) is 38.4 Å². The lowest BCUT2D eigenvalue weighted by atomic mass is 9.83. The van der Waals surface area contributed by atoms with E-state index in [4.69, 9.17) is 65.0 Å². The van der Waals surface area contributed by atoms with Crippen molar-refractivity contribution in [1.82, 2.24) is 87.4 Å². The molecular weight excluding hydrogens is 1480 g/mol. The fourth-order valence-corrected chi connectivity index (χ4v) is 11.7. The van der Waals surface area contributed by atoms with Crippen LogP contribution in [-0.4, -0.2) is 156 Å². The van der Waals surface area contributed by atoms with Crippen molar-refractivity contribution >= 4 is 128 Å². The van der Waals surface area contributed by atoms with Crippen molar-refractivity contribution in [1.29, 1.82) is 0 Å². The number of carbonyl (C=O) groups excluding carboxylic acids is 1. The van der Waals surface area contributed by atoms with Gasteiger partial charge >= 0.3 is 5.76 Å². The molecule has 118 heavy (non-hydrogen) atoms. The Balaban J connectivity index is 0.000000172. The van der Waals surface area contributed by atoms with Crippen molar-refractivity contribution in [2.45, 2.75) is 218 Å². The van der Waals surface area contributed by atoms with E-state index in [1.54, 1.807) is 44.3 Å². The molecule has 0 aliphatic carbocycles. The molecule has 3 aromatic carbocycles. The Morgan fingerprint density at radius 3 is 1.41 bits per heavy atom. The van der Waals surface area contributed by atoms with Crippen LogP contribution in [0.5, 0.6) is 5.75 Å². The number of aromatic nitrogens is 17. The van der Waals surface area contributed by atoms with Gasteiger partial charge in [-0.15, -0.1) is 10.2 Å². The summed E-state index contributed by atoms with van der Waals surface area (Å²) in [7, 11) is 38.3. The van der Waals surface area contributed by atoms with Crippen LogP contribution in [0.2, 0.25) is 0 Å². The highest BCUT2D eigenvalue weighted by atomic mass is 16.5. The van der Waals surface area contributed by atoms with Crippen LogP contribution in [0.15, 0.2) is 129 Å². The highest BCUT2D eigenvalue weighted by Crippen LogP contribution is 2.32. The van der Waals surface area contributed by atoms with Gasteiger partial charge in [0.05, 0.1) is 50.6 Å². The molecule has 1 aliphatic heterocycles. The first-order chi connectivity index (χ1) is 54.2. The molecule has 14 rings (SSSR count). The van der Waals surface area contributed by atoms with Crippen molar-refractivity contribution in [2.24, 2.45) is 0 Å². The van der Waals surface area contributed by atoms with Crippen LogP contribution in [-0.2, 0) is 37.9 Å². The fourth-order valence-electron chi connectivity index (χ4n) is 11.7. The van der Waals surface area contributed by atoms with Crippen molar-refractivity contribution in [3.05, 3.63) is 237 Å². The molecule has 13 aromatic rings. The number of carbonyl (C=O) groups is 1. The average molecular weight is 1580 g/mol. The molecular formula is C83H95B7N18O10. The Bertz CT molecular complexity index is 6530. The van der Waals surface area contributed by atoms with Crippen molar-refractivity contribution in [2.75, 3.05) is 6.73 Å². The maximum Gasteiger partial charge on any atom is 0.408 e. The highest BCUT2D eigenvalue weighted by molar-refractivity contribution is 6.18. The summed E-state index contributed by atoms with van der Waals surface area (Å²) >= 11 is 0. The number of amides is 1. The molecule has 0 bridgehead atoms. The Morgan fingerprint density at radius 2 is 0.856 bits per heavy atom. The van der Waals surface area contributed by atoms with Gasteiger partial charge in [0.1, 0.15) is 11.0 Å². The van der Waals surface area contributed by atoms with Crippen LogP contribution in [0.25, 0.3) is 65.9 Å². The lowest BCUT2D eigenvalue weighted by Crippen LogP contribution is -2.37. The monoisotopic (exact) mass is 1580 g/mol. The molecule has 10 aromatic heterocycles. The average Bonchev–Trinajstić information content (AvgIpc) is 0.813. The number of hydrogen-bond acceptors (Lipinski definition) is 21. The van der Waals surface area contributed by atoms with Gasteiger partial charge in [-0.25, -0.2) is 39.7 Å². The van der Waals surface area contributed by atoms with E-state index in [0.29, 0.717) is 76.8 Å². The quantitative estimate of drug-likeness (QED) is 0.128. The standard InChI is InChI=1S/C14H17BN2O.3C12H14BN3O.C11H12BN3O.C11H11BN2O3.C11H13BN2O2/c1-8-6-10(14(3,4)5)7-11-12(8)16-9(2)17(15)13(11)18;1-7-5-10-8(6-9(7)12(2,3)4)11(17)16(13)15-14-10;1-7-5-8(12(2,3)4)6-9-10(7)14-15-16(13)11(9)17;1-7-14-8-5-6-9(12(2,3)4)15-10(8)11(17)16(7)13;1-11(2,3)7-4-8-9(13-5-7)14-6-15(12)10(8)16;1-11(2,3)7-5-4-6-8(13-7)9(15)14(12)10(16)17-6;1-11(2,3)8-5-4-7-9(13-8)10(15)14(12)6-16-7/h6-7H,1-5H3;3*5-6H,1-4H3;4-6H,1-3H3;4-5H,1-3H3;4-5H,6H2,1-3H3. The fraction of sp³-hybridized carbons (Fsp3) is 0.410. The minimum absolute atomic E-state index is 0.00426. The number of rotatable bonds is 0. The Hall–Kier alpha value is -11.5. The SMILES string of the molecule is [B]N1COc2ccc(C(C)(C)C)nc2C1=O.[B]n1c(=O)oc2ccc(C(C)(C)C)nc2c1=O.[B]n1c(C)nc2c(C)cc(C(C)(C)C)cc2c1=O.[B]n1c(C)nc2ccc(C(C)(C)C)nc2c1=O.[B]n1cnc2ncc(C(C)(C)C)cc2c1=O.[B]n1nnc2c(C)cc(C(C)(C)C)cc2c1=O.[B]n1nnc2cc(C)c(C(C)(C)C)cc2c1=O. The summed E-state index contributed by atoms with van der Waals surface area (Å²) in [6.07, 6.45) is 3.02. The second-order valence-electron chi connectivity index (χ2n) is 36.0. The molecule has 28 nitrogen and oxygen atoms in total. The Morgan fingerprint density at radius 1 is 0.381 bits per heavy atom. The molecule has 0 fully saturated rings. The summed E-state index contributed by atoms with van der Waals surface area (Å²) in [6.45, 7) is 52.8. The van der Waals surface area contributed by atoms with Crippen LogP contribution in [0.3, 0.4) is 0 Å². The summed E-state index contributed by atoms with van der Waals surface area (Å²) in [6, 6.07) is 24.1. The topological polar surface area (TPSA) is 334 Å². The van der Waals surface area contributed by atoms with E-state index in [1.165, 1.54) is 6.33 Å². The summed E-state index contributed by atoms with van der Waals surface area (Å²) in [4.78, 5) is 125. The molecule has 0 saturated heterocycles. The van der Waals surface area contributed by atoms with E-state index in [-0.39, 0.29) is 89.4 Å². The largest absolute Gasteiger partial charge is 0.472 e. The van der Waals surface area contributed by atoms with Crippen LogP contribution >= 0.6 is 0 Å². The number of fused-ring (bicyclic) bond motifs is 7. The van der Waals surface area contributed by atoms with Gasteiger partial charge in [-0.05, 0) is 162 Å². The summed E-state index contributed by atoms with van der Waals surface area (Å²) in [5, 5.41) is 17.1. The highest BCUT2D eigenvalue weighted by Gasteiger charge is 2.28. The van der Waals surface area contributed by atoms with Gasteiger partial charge < -0.3 is 31.9 Å². The van der Waals surface area contributed by atoms with E-state index >= 15 is 0 Å². The lowest BCUT2D eigenvalue weighted by Gasteiger charge is -2.27. The number of nitrogens with zero attached hydrogens (tertiary/aromatic N) is 18. The number of benzene rings is 3. The number of ether oxygens (including phenoxy) is 1. The number of pyridine rings is 4. The molecule has 35 heteroatoms. The molecule has 0 atom stereocenters. The smallest absolute Gasteiger partial charge is 0.408 e. The zero-order valence-corrected chi connectivity index (χ0v) is 72.0. The van der Waals surface area contributed by atoms with E-state index in [0.717, 1.165) is 89.0 Å². The zero-order valence-electron chi connectivity index (χ0n) is 72.0. The predicted octanol–water partition coefficient (Wildman–Crippen LogP) is 9.08. The first-order valence-electron chi connectivity index (χ1n) is 37.7. The third-order valence-electron chi connectivity index (χ3n) is 19.0. The maximum absolute atomic E-state index is 12.2. The van der Waals surface area contributed by atoms with Crippen LogP contribution in [0.1, 0.15) is 224 Å². The normalized spacial score (nSPS) is 12.5. The second-order valence-corrected chi connectivity index (χ2v) is 36.0. The zero-order chi connectivity index (χ0) is 88.7. The molecule has 0 spiro atoms. The Labute approximate surface area is 693 Å². The van der Waals surface area contributed by atoms with Crippen LogP contribution < -0.4 is 43.8 Å². The van der Waals surface area contributed by atoms with Crippen molar-refractivity contribution in [3.63, 3.8) is 0 Å². The van der Waals surface area contributed by atoms with Gasteiger partial charge in [-0.1, -0.05) is 168 Å². The van der Waals surface area contributed by atoms with Gasteiger partial charge in [-0.2, -0.15) is 0 Å². The van der Waals surface area contributed by atoms with Gasteiger partial charge in [0, 0.05) is 39.5 Å². The van der Waals surface area contributed by atoms with E-state index < -0.39 is 11.3 Å². The third-order valence-corrected chi connectivity index (χ3v) is 19.0.